The van der Waals surface area contributed by atoms with E-state index in [0.29, 0.717) is 12.3 Å². The van der Waals surface area contributed by atoms with Gasteiger partial charge in [-0.15, -0.1) is 0 Å². The third-order valence-electron chi connectivity index (χ3n) is 4.05. The topological polar surface area (TPSA) is 47.8 Å². The van der Waals surface area contributed by atoms with E-state index in [0.717, 1.165) is 24.0 Å². The molecule has 0 saturated heterocycles. The molecule has 1 atom stereocenters. The number of hydrogen-bond acceptors (Lipinski definition) is 3. The van der Waals surface area contributed by atoms with Crippen molar-refractivity contribution in [2.24, 2.45) is 0 Å². The zero-order chi connectivity index (χ0) is 16.3. The molecule has 0 fully saturated rings. The van der Waals surface area contributed by atoms with Gasteiger partial charge in [-0.05, 0) is 29.8 Å². The van der Waals surface area contributed by atoms with E-state index in [-0.39, 0.29) is 5.75 Å². The second-order valence-corrected chi connectivity index (χ2v) is 8.35. The highest BCUT2D eigenvalue weighted by Gasteiger charge is 2.22. The molecule has 122 valence electrons. The van der Waals surface area contributed by atoms with Gasteiger partial charge in [-0.3, -0.25) is 0 Å². The van der Waals surface area contributed by atoms with Gasteiger partial charge in [-0.2, -0.15) is 8.42 Å². The van der Waals surface area contributed by atoms with Crippen LogP contribution in [0.2, 0.25) is 0 Å². The highest BCUT2D eigenvalue weighted by atomic mass is 79.9. The summed E-state index contributed by atoms with van der Waals surface area (Å²) in [6.07, 6.45) is 0.999. The summed E-state index contributed by atoms with van der Waals surface area (Å²) in [5.74, 6) is 0.382. The van der Waals surface area contributed by atoms with E-state index in [4.69, 9.17) is 4.18 Å². The van der Waals surface area contributed by atoms with Crippen LogP contribution in [0.1, 0.15) is 11.1 Å². The molecule has 0 amide bonds. The first-order valence-corrected chi connectivity index (χ1v) is 9.97. The van der Waals surface area contributed by atoms with E-state index in [2.05, 4.69) is 34.1 Å². The van der Waals surface area contributed by atoms with Crippen molar-refractivity contribution in [2.75, 3.05) is 18.8 Å². The van der Waals surface area contributed by atoms with Crippen LogP contribution in [0, 0.1) is 0 Å². The zero-order valence-electron chi connectivity index (χ0n) is 12.7. The van der Waals surface area contributed by atoms with Gasteiger partial charge in [0, 0.05) is 16.5 Å². The lowest BCUT2D eigenvalue weighted by Gasteiger charge is -2.25. The lowest BCUT2D eigenvalue weighted by Crippen LogP contribution is -3.12. The molecule has 6 heteroatoms. The van der Waals surface area contributed by atoms with Crippen molar-refractivity contribution >= 4 is 26.0 Å². The van der Waals surface area contributed by atoms with Gasteiger partial charge in [0.1, 0.15) is 18.0 Å². The summed E-state index contributed by atoms with van der Waals surface area (Å²) in [7, 11) is -3.56. The molecule has 3 rings (SSSR count). The minimum Gasteiger partial charge on any atom is -0.382 e. The standard InChI is InChI=1S/C17H18BrNO3S/c18-16-5-7-17(8-6-16)22-23(20,21)12-11-19-10-9-14-3-1-2-4-15(14)13-19/h1-8H,9-13H2/p+1. The number of halogens is 1. The Bertz CT molecular complexity index is 775. The minimum atomic E-state index is -3.56. The van der Waals surface area contributed by atoms with Crippen LogP contribution in [0.15, 0.2) is 53.0 Å². The molecular weight excluding hydrogens is 378 g/mol. The second kappa shape index (κ2) is 7.03. The van der Waals surface area contributed by atoms with Crippen LogP contribution < -0.4 is 9.08 Å². The molecule has 0 saturated carbocycles. The number of rotatable bonds is 5. The number of quaternary nitrogens is 1. The fourth-order valence-corrected chi connectivity index (χ4v) is 4.09. The Hall–Kier alpha value is -1.37. The second-order valence-electron chi connectivity index (χ2n) is 5.74. The summed E-state index contributed by atoms with van der Waals surface area (Å²) in [5, 5.41) is 0. The number of fused-ring (bicyclic) bond motifs is 1. The quantitative estimate of drug-likeness (QED) is 0.783. The molecule has 0 radical (unpaired) electrons. The van der Waals surface area contributed by atoms with Crippen LogP contribution >= 0.6 is 15.9 Å². The van der Waals surface area contributed by atoms with E-state index in [1.165, 1.54) is 16.0 Å². The molecule has 23 heavy (non-hydrogen) atoms. The van der Waals surface area contributed by atoms with Gasteiger partial charge >= 0.3 is 10.1 Å². The summed E-state index contributed by atoms with van der Waals surface area (Å²) >= 11 is 3.31. The van der Waals surface area contributed by atoms with Crippen molar-refractivity contribution < 1.29 is 17.5 Å². The molecule has 2 aromatic rings. The summed E-state index contributed by atoms with van der Waals surface area (Å²) in [4.78, 5) is 1.28. The van der Waals surface area contributed by atoms with E-state index < -0.39 is 10.1 Å². The number of nitrogens with one attached hydrogen (secondary N) is 1. The maximum atomic E-state index is 12.1. The lowest BCUT2D eigenvalue weighted by atomic mass is 10.0. The van der Waals surface area contributed by atoms with Gasteiger partial charge in [0.15, 0.2) is 0 Å². The van der Waals surface area contributed by atoms with Crippen molar-refractivity contribution in [2.45, 2.75) is 13.0 Å². The summed E-state index contributed by atoms with van der Waals surface area (Å²) in [6, 6.07) is 15.2. The summed E-state index contributed by atoms with van der Waals surface area (Å²) < 4.78 is 30.3. The van der Waals surface area contributed by atoms with Gasteiger partial charge in [0.2, 0.25) is 0 Å². The Kier molecular flexibility index (Phi) is 5.04. The van der Waals surface area contributed by atoms with E-state index in [9.17, 15) is 8.42 Å². The van der Waals surface area contributed by atoms with Crippen LogP contribution in [0.3, 0.4) is 0 Å². The summed E-state index contributed by atoms with van der Waals surface area (Å²) in [6.45, 7) is 2.40. The Morgan fingerprint density at radius 3 is 2.48 bits per heavy atom. The molecule has 1 N–H and O–H groups in total. The largest absolute Gasteiger partial charge is 0.382 e. The van der Waals surface area contributed by atoms with Crippen molar-refractivity contribution in [1.82, 2.24) is 0 Å². The zero-order valence-corrected chi connectivity index (χ0v) is 15.1. The van der Waals surface area contributed by atoms with Gasteiger partial charge in [0.05, 0.1) is 13.1 Å². The van der Waals surface area contributed by atoms with Gasteiger partial charge in [-0.1, -0.05) is 40.2 Å². The van der Waals surface area contributed by atoms with Crippen molar-refractivity contribution in [3.8, 4) is 5.75 Å². The average molecular weight is 397 g/mol. The molecule has 1 unspecified atom stereocenters. The van der Waals surface area contributed by atoms with Gasteiger partial charge in [0.25, 0.3) is 0 Å². The fourth-order valence-electron chi connectivity index (χ4n) is 2.80. The van der Waals surface area contributed by atoms with E-state index in [1.54, 1.807) is 24.3 Å². The molecule has 0 spiro atoms. The maximum absolute atomic E-state index is 12.1. The monoisotopic (exact) mass is 396 g/mol. The first kappa shape index (κ1) is 16.5. The minimum absolute atomic E-state index is 0.0283. The molecular formula is C17H19BrNO3S+. The average Bonchev–Trinajstić information content (AvgIpc) is 2.55. The predicted octanol–water partition coefficient (Wildman–Crippen LogP) is 1.80. The molecule has 1 aliphatic heterocycles. The fraction of sp³-hybridized carbons (Fsp3) is 0.294. The smallest absolute Gasteiger partial charge is 0.314 e. The van der Waals surface area contributed by atoms with Crippen LogP contribution in [-0.2, 0) is 23.1 Å². The van der Waals surface area contributed by atoms with Gasteiger partial charge < -0.3 is 9.08 Å². The third kappa shape index (κ3) is 4.56. The number of hydrogen-bond donors (Lipinski definition) is 1. The predicted molar refractivity (Wildman–Crippen MR) is 93.1 cm³/mol. The van der Waals surface area contributed by atoms with Crippen molar-refractivity contribution in [3.63, 3.8) is 0 Å². The molecule has 0 aromatic heterocycles. The third-order valence-corrected chi connectivity index (χ3v) is 5.73. The Labute approximate surface area is 145 Å². The molecule has 4 nitrogen and oxygen atoms in total. The SMILES string of the molecule is O=S(=O)(CC[NH+]1CCc2ccccc2C1)Oc1ccc(Br)cc1. The molecule has 2 aromatic carbocycles. The van der Waals surface area contributed by atoms with Crippen LogP contribution in [0.25, 0.3) is 0 Å². The number of benzene rings is 2. The Morgan fingerprint density at radius 2 is 1.74 bits per heavy atom. The highest BCUT2D eigenvalue weighted by Crippen LogP contribution is 2.17. The molecule has 1 aliphatic rings. The first-order chi connectivity index (χ1) is 11.0. The van der Waals surface area contributed by atoms with Crippen LogP contribution in [0.5, 0.6) is 5.75 Å². The molecule has 1 heterocycles. The first-order valence-electron chi connectivity index (χ1n) is 7.60. The Morgan fingerprint density at radius 1 is 1.04 bits per heavy atom. The van der Waals surface area contributed by atoms with E-state index in [1.807, 2.05) is 6.07 Å². The van der Waals surface area contributed by atoms with Crippen LogP contribution in [-0.4, -0.2) is 27.3 Å². The van der Waals surface area contributed by atoms with E-state index >= 15 is 0 Å². The Balaban J connectivity index is 1.56. The summed E-state index contributed by atoms with van der Waals surface area (Å²) in [5.41, 5.74) is 2.70. The lowest BCUT2D eigenvalue weighted by molar-refractivity contribution is -0.913. The maximum Gasteiger partial charge on any atom is 0.314 e. The molecule has 0 aliphatic carbocycles. The van der Waals surface area contributed by atoms with Gasteiger partial charge in [-0.25, -0.2) is 0 Å². The normalized spacial score (nSPS) is 17.5. The molecule has 0 bridgehead atoms. The van der Waals surface area contributed by atoms with Crippen molar-refractivity contribution in [3.05, 3.63) is 64.1 Å². The van der Waals surface area contributed by atoms with Crippen LogP contribution in [0.4, 0.5) is 0 Å². The van der Waals surface area contributed by atoms with Crippen molar-refractivity contribution in [1.29, 1.82) is 0 Å². The highest BCUT2D eigenvalue weighted by molar-refractivity contribution is 9.10.